The van der Waals surface area contributed by atoms with Crippen molar-refractivity contribution in [3.63, 3.8) is 0 Å². The summed E-state index contributed by atoms with van der Waals surface area (Å²) in [4.78, 5) is 0. The van der Waals surface area contributed by atoms with Crippen LogP contribution >= 0.6 is 0 Å². The Kier molecular flexibility index (Phi) is 5.79. The number of nitrogens with one attached hydrogen (secondary N) is 1. The minimum absolute atomic E-state index is 0.199. The molecule has 3 N–H and O–H groups in total. The average molecular weight is 310 g/mol. The van der Waals surface area contributed by atoms with Crippen LogP contribution in [0, 0.1) is 5.92 Å². The zero-order chi connectivity index (χ0) is 15.3. The number of aryl methyl sites for hydroxylation is 1. The van der Waals surface area contributed by atoms with Crippen LogP contribution in [0.4, 0.5) is 0 Å². The van der Waals surface area contributed by atoms with Gasteiger partial charge in [0.25, 0.3) is 0 Å². The predicted octanol–water partition coefficient (Wildman–Crippen LogP) is 1.84. The molecule has 0 fully saturated rings. The molecular weight excluding hydrogens is 284 g/mol. The topological polar surface area (TPSA) is 72.2 Å². The first-order valence-electron chi connectivity index (χ1n) is 7.79. The van der Waals surface area contributed by atoms with Gasteiger partial charge in [0.05, 0.1) is 5.75 Å². The van der Waals surface area contributed by atoms with Gasteiger partial charge in [-0.05, 0) is 49.1 Å². The van der Waals surface area contributed by atoms with Crippen LogP contribution in [0.25, 0.3) is 0 Å². The lowest BCUT2D eigenvalue weighted by molar-refractivity contribution is 0.306. The quantitative estimate of drug-likeness (QED) is 0.595. The van der Waals surface area contributed by atoms with Crippen LogP contribution in [0.1, 0.15) is 37.3 Å². The fourth-order valence-corrected chi connectivity index (χ4v) is 4.09. The zero-order valence-electron chi connectivity index (χ0n) is 12.7. The maximum atomic E-state index is 11.6. The average Bonchev–Trinajstić information content (AvgIpc) is 2.51. The Morgan fingerprint density at radius 1 is 1.33 bits per heavy atom. The number of benzene rings is 1. The van der Waals surface area contributed by atoms with Gasteiger partial charge in [0.15, 0.2) is 0 Å². The third kappa shape index (κ3) is 4.53. The molecule has 0 saturated heterocycles. The number of hydrazine groups is 1. The highest BCUT2D eigenvalue weighted by atomic mass is 32.2. The molecule has 118 valence electrons. The molecule has 0 heterocycles. The molecule has 0 amide bonds. The summed E-state index contributed by atoms with van der Waals surface area (Å²) in [5.41, 5.74) is 5.77. The third-order valence-corrected chi connectivity index (χ3v) is 6.37. The first-order chi connectivity index (χ1) is 10.1. The fourth-order valence-electron chi connectivity index (χ4n) is 3.19. The van der Waals surface area contributed by atoms with E-state index >= 15 is 0 Å². The first-order valence-corrected chi connectivity index (χ1v) is 9.61. The Morgan fingerprint density at radius 3 is 2.71 bits per heavy atom. The molecule has 0 saturated carbocycles. The van der Waals surface area contributed by atoms with Crippen molar-refractivity contribution in [3.05, 3.63) is 35.4 Å². The standard InChI is InChI=1S/C16H26N2O2S/c1-2-21(19,20)11-5-8-16(18-17)15-10-9-13-6-3-4-7-14(13)12-15/h3-4,6-7,15-16,18H,2,5,8-12,17H2,1H3. The Morgan fingerprint density at radius 2 is 2.05 bits per heavy atom. The highest BCUT2D eigenvalue weighted by Gasteiger charge is 2.25. The lowest BCUT2D eigenvalue weighted by Crippen LogP contribution is -2.43. The Balaban J connectivity index is 1.91. The monoisotopic (exact) mass is 310 g/mol. The van der Waals surface area contributed by atoms with Gasteiger partial charge in [-0.25, -0.2) is 8.42 Å². The van der Waals surface area contributed by atoms with Crippen LogP contribution in [-0.2, 0) is 22.7 Å². The van der Waals surface area contributed by atoms with Crippen molar-refractivity contribution >= 4 is 9.84 Å². The summed E-state index contributed by atoms with van der Waals surface area (Å²) in [7, 11) is -2.87. The predicted molar refractivity (Wildman–Crippen MR) is 86.6 cm³/mol. The fraction of sp³-hybridized carbons (Fsp3) is 0.625. The molecule has 0 bridgehead atoms. The first kappa shape index (κ1) is 16.5. The molecular formula is C16H26N2O2S. The number of hydrogen-bond acceptors (Lipinski definition) is 4. The van der Waals surface area contributed by atoms with E-state index in [2.05, 4.69) is 29.7 Å². The molecule has 5 heteroatoms. The summed E-state index contributed by atoms with van der Waals surface area (Å²) in [6, 6.07) is 8.76. The van der Waals surface area contributed by atoms with E-state index in [1.807, 2.05) is 0 Å². The normalized spacial score (nSPS) is 20.0. The number of nitrogens with two attached hydrogens (primary N) is 1. The molecule has 2 rings (SSSR count). The maximum absolute atomic E-state index is 11.6. The van der Waals surface area contributed by atoms with Crippen molar-refractivity contribution in [2.24, 2.45) is 11.8 Å². The van der Waals surface area contributed by atoms with Crippen molar-refractivity contribution in [1.29, 1.82) is 0 Å². The molecule has 0 radical (unpaired) electrons. The molecule has 0 aromatic heterocycles. The SMILES string of the molecule is CCS(=O)(=O)CCCC(NN)C1CCc2ccccc2C1. The maximum Gasteiger partial charge on any atom is 0.150 e. The lowest BCUT2D eigenvalue weighted by atomic mass is 9.79. The molecule has 0 aliphatic heterocycles. The Hall–Kier alpha value is -0.910. The van der Waals surface area contributed by atoms with Gasteiger partial charge < -0.3 is 0 Å². The van der Waals surface area contributed by atoms with E-state index in [9.17, 15) is 8.42 Å². The second-order valence-corrected chi connectivity index (χ2v) is 8.40. The van der Waals surface area contributed by atoms with Gasteiger partial charge in [0, 0.05) is 11.8 Å². The second kappa shape index (κ2) is 7.38. The minimum atomic E-state index is -2.87. The zero-order valence-corrected chi connectivity index (χ0v) is 13.5. The van der Waals surface area contributed by atoms with Gasteiger partial charge in [-0.3, -0.25) is 11.3 Å². The van der Waals surface area contributed by atoms with Gasteiger partial charge in [-0.15, -0.1) is 0 Å². The number of rotatable bonds is 7. The van der Waals surface area contributed by atoms with Crippen molar-refractivity contribution in [1.82, 2.24) is 5.43 Å². The molecule has 4 nitrogen and oxygen atoms in total. The van der Waals surface area contributed by atoms with E-state index in [1.54, 1.807) is 6.92 Å². The van der Waals surface area contributed by atoms with Gasteiger partial charge in [-0.2, -0.15) is 0 Å². The number of fused-ring (bicyclic) bond motifs is 1. The van der Waals surface area contributed by atoms with Crippen LogP contribution < -0.4 is 11.3 Å². The van der Waals surface area contributed by atoms with Crippen molar-refractivity contribution in [2.75, 3.05) is 11.5 Å². The summed E-state index contributed by atoms with van der Waals surface area (Å²) in [6.07, 6.45) is 4.75. The second-order valence-electron chi connectivity index (χ2n) is 5.92. The molecule has 2 unspecified atom stereocenters. The van der Waals surface area contributed by atoms with Crippen LogP contribution in [0.15, 0.2) is 24.3 Å². The van der Waals surface area contributed by atoms with Crippen LogP contribution in [0.2, 0.25) is 0 Å². The summed E-state index contributed by atoms with van der Waals surface area (Å²) >= 11 is 0. The molecule has 0 spiro atoms. The minimum Gasteiger partial charge on any atom is -0.271 e. The molecule has 1 aliphatic carbocycles. The molecule has 1 aromatic carbocycles. The molecule has 2 atom stereocenters. The van der Waals surface area contributed by atoms with E-state index in [0.717, 1.165) is 25.7 Å². The summed E-state index contributed by atoms with van der Waals surface area (Å²) in [5, 5.41) is 0. The van der Waals surface area contributed by atoms with Crippen molar-refractivity contribution < 1.29 is 8.42 Å². The highest BCUT2D eigenvalue weighted by Crippen LogP contribution is 2.28. The molecule has 1 aromatic rings. The summed E-state index contributed by atoms with van der Waals surface area (Å²) < 4.78 is 23.1. The van der Waals surface area contributed by atoms with Crippen LogP contribution in [0.5, 0.6) is 0 Å². The van der Waals surface area contributed by atoms with E-state index in [4.69, 9.17) is 5.84 Å². The van der Waals surface area contributed by atoms with Gasteiger partial charge in [0.2, 0.25) is 0 Å². The Labute approximate surface area is 128 Å². The molecule has 21 heavy (non-hydrogen) atoms. The summed E-state index contributed by atoms with van der Waals surface area (Å²) in [6.45, 7) is 1.70. The smallest absolute Gasteiger partial charge is 0.150 e. The highest BCUT2D eigenvalue weighted by molar-refractivity contribution is 7.91. The van der Waals surface area contributed by atoms with E-state index in [0.29, 0.717) is 12.3 Å². The van der Waals surface area contributed by atoms with Crippen molar-refractivity contribution in [2.45, 2.75) is 45.1 Å². The third-order valence-electron chi connectivity index (χ3n) is 4.58. The van der Waals surface area contributed by atoms with E-state index in [1.165, 1.54) is 11.1 Å². The van der Waals surface area contributed by atoms with Gasteiger partial charge >= 0.3 is 0 Å². The van der Waals surface area contributed by atoms with Crippen LogP contribution in [-0.4, -0.2) is 26.0 Å². The van der Waals surface area contributed by atoms with Gasteiger partial charge in [-0.1, -0.05) is 31.2 Å². The summed E-state index contributed by atoms with van der Waals surface area (Å²) in [5.74, 6) is 6.70. The van der Waals surface area contributed by atoms with E-state index in [-0.39, 0.29) is 17.5 Å². The molecule has 1 aliphatic rings. The number of hydrogen-bond donors (Lipinski definition) is 2. The van der Waals surface area contributed by atoms with Crippen LogP contribution in [0.3, 0.4) is 0 Å². The Bertz CT molecular complexity index is 557. The van der Waals surface area contributed by atoms with Crippen molar-refractivity contribution in [3.8, 4) is 0 Å². The van der Waals surface area contributed by atoms with Gasteiger partial charge in [0.1, 0.15) is 9.84 Å². The lowest BCUT2D eigenvalue weighted by Gasteiger charge is -2.31. The van der Waals surface area contributed by atoms with E-state index < -0.39 is 9.84 Å². The number of sulfone groups is 1. The largest absolute Gasteiger partial charge is 0.271 e.